The number of aromatic nitrogens is 1. The highest BCUT2D eigenvalue weighted by Crippen LogP contribution is 2.40. The summed E-state index contributed by atoms with van der Waals surface area (Å²) < 4.78 is 67.8. The number of rotatable bonds is 6. The molecule has 1 aliphatic rings. The van der Waals surface area contributed by atoms with Gasteiger partial charge in [-0.2, -0.15) is 13.2 Å². The lowest BCUT2D eigenvalue weighted by molar-refractivity contribution is -0.258. The number of hydrogen-bond acceptors (Lipinski definition) is 4. The molecule has 2 aromatic carbocycles. The van der Waals surface area contributed by atoms with Gasteiger partial charge in [0.25, 0.3) is 5.56 Å². The number of halogens is 4. The first-order valence-electron chi connectivity index (χ1n) is 10.9. The van der Waals surface area contributed by atoms with Crippen molar-refractivity contribution in [2.75, 3.05) is 13.2 Å². The van der Waals surface area contributed by atoms with E-state index in [0.717, 1.165) is 12.5 Å². The monoisotopic (exact) mass is 467 g/mol. The number of ether oxygens (including phenoxy) is 2. The molecule has 0 aliphatic carbocycles. The molecule has 1 N–H and O–H groups in total. The van der Waals surface area contributed by atoms with E-state index >= 15 is 0 Å². The van der Waals surface area contributed by atoms with Crippen molar-refractivity contribution in [2.45, 2.75) is 57.5 Å². The Morgan fingerprint density at radius 1 is 1.18 bits per heavy atom. The van der Waals surface area contributed by atoms with Gasteiger partial charge in [-0.25, -0.2) is 4.39 Å². The van der Waals surface area contributed by atoms with Crippen molar-refractivity contribution < 1.29 is 32.1 Å². The third-order valence-electron chi connectivity index (χ3n) is 6.16. The molecule has 0 bridgehead atoms. The highest BCUT2D eigenvalue weighted by Gasteiger charge is 2.51. The van der Waals surface area contributed by atoms with Crippen LogP contribution in [0.1, 0.15) is 38.7 Å². The van der Waals surface area contributed by atoms with E-state index in [1.165, 1.54) is 28.8 Å². The van der Waals surface area contributed by atoms with E-state index in [4.69, 9.17) is 9.47 Å². The topological polar surface area (TPSA) is 60.7 Å². The molecule has 1 saturated heterocycles. The maximum atomic E-state index is 14.9. The van der Waals surface area contributed by atoms with Crippen molar-refractivity contribution in [1.29, 1.82) is 0 Å². The van der Waals surface area contributed by atoms with Gasteiger partial charge in [0, 0.05) is 23.7 Å². The minimum atomic E-state index is -4.91. The summed E-state index contributed by atoms with van der Waals surface area (Å²) in [5, 5.41) is 10.8. The molecule has 0 saturated carbocycles. The van der Waals surface area contributed by atoms with Crippen molar-refractivity contribution in [3.63, 3.8) is 0 Å². The van der Waals surface area contributed by atoms with Crippen LogP contribution in [-0.2, 0) is 16.9 Å². The van der Waals surface area contributed by atoms with Crippen LogP contribution >= 0.6 is 0 Å². The average molecular weight is 467 g/mol. The van der Waals surface area contributed by atoms with Crippen LogP contribution in [-0.4, -0.2) is 35.2 Å². The zero-order chi connectivity index (χ0) is 24.0. The first kappa shape index (κ1) is 23.5. The highest BCUT2D eigenvalue weighted by atomic mass is 19.4. The Labute approximate surface area is 187 Å². The number of hydrogen-bond donors (Lipinski definition) is 1. The fourth-order valence-corrected chi connectivity index (χ4v) is 4.08. The molecule has 1 aliphatic heterocycles. The fourth-order valence-electron chi connectivity index (χ4n) is 4.08. The number of aryl methyl sites for hydroxylation is 1. The molecule has 0 spiro atoms. The van der Waals surface area contributed by atoms with Gasteiger partial charge in [-0.3, -0.25) is 4.79 Å². The summed E-state index contributed by atoms with van der Waals surface area (Å²) in [6.07, 6.45) is -3.23. The zero-order valence-corrected chi connectivity index (χ0v) is 18.3. The van der Waals surface area contributed by atoms with Crippen LogP contribution in [0.5, 0.6) is 5.75 Å². The molecule has 178 valence electrons. The van der Waals surface area contributed by atoms with Crippen LogP contribution in [0.2, 0.25) is 0 Å². The van der Waals surface area contributed by atoms with Gasteiger partial charge in [0.2, 0.25) is 0 Å². The fraction of sp³-hybridized carbons (Fsp3) is 0.458. The van der Waals surface area contributed by atoms with E-state index in [2.05, 4.69) is 0 Å². The Bertz CT molecular complexity index is 1240. The molecule has 3 aromatic rings. The molecule has 4 rings (SSSR count). The number of nitrogens with zero attached hydrogens (tertiary/aromatic N) is 1. The molecule has 33 heavy (non-hydrogen) atoms. The van der Waals surface area contributed by atoms with E-state index in [0.29, 0.717) is 50.4 Å². The molecule has 1 aromatic heterocycles. The van der Waals surface area contributed by atoms with Crippen molar-refractivity contribution in [3.8, 4) is 5.75 Å². The van der Waals surface area contributed by atoms with Gasteiger partial charge in [-0.15, -0.1) is 0 Å². The SMILES string of the molecule is CCCCn1c(=O)c2cc(F)c(OC3CCOC3)cc2c2cc(C(C)(O)C(F)(F)F)ccc21. The Morgan fingerprint density at radius 2 is 1.94 bits per heavy atom. The van der Waals surface area contributed by atoms with Crippen LogP contribution in [0.15, 0.2) is 35.1 Å². The smallest absolute Gasteiger partial charge is 0.421 e. The molecule has 2 atom stereocenters. The number of unbranched alkanes of at least 4 members (excludes halogenated alkanes) is 1. The normalized spacial score (nSPS) is 18.7. The first-order valence-corrected chi connectivity index (χ1v) is 10.9. The largest absolute Gasteiger partial charge is 0.485 e. The Hall–Kier alpha value is -2.65. The molecule has 2 unspecified atom stereocenters. The van der Waals surface area contributed by atoms with Crippen molar-refractivity contribution in [3.05, 3.63) is 52.1 Å². The molecule has 0 radical (unpaired) electrons. The first-order chi connectivity index (χ1) is 15.5. The average Bonchev–Trinajstić information content (AvgIpc) is 3.27. The Kier molecular flexibility index (Phi) is 6.13. The highest BCUT2D eigenvalue weighted by molar-refractivity contribution is 6.06. The van der Waals surface area contributed by atoms with Gasteiger partial charge >= 0.3 is 6.18 Å². The van der Waals surface area contributed by atoms with Gasteiger partial charge in [-0.1, -0.05) is 19.4 Å². The second-order valence-corrected chi connectivity index (χ2v) is 8.54. The van der Waals surface area contributed by atoms with E-state index < -0.39 is 23.2 Å². The van der Waals surface area contributed by atoms with Crippen LogP contribution in [0.3, 0.4) is 0 Å². The van der Waals surface area contributed by atoms with Gasteiger partial charge in [0.15, 0.2) is 17.2 Å². The summed E-state index contributed by atoms with van der Waals surface area (Å²) >= 11 is 0. The third kappa shape index (κ3) is 4.19. The molecule has 9 heteroatoms. The van der Waals surface area contributed by atoms with E-state index in [9.17, 15) is 27.5 Å². The summed E-state index contributed by atoms with van der Waals surface area (Å²) in [7, 11) is 0. The lowest BCUT2D eigenvalue weighted by Gasteiger charge is -2.27. The predicted octanol–water partition coefficient (Wildman–Crippen LogP) is 5.03. The maximum Gasteiger partial charge on any atom is 0.421 e. The number of fused-ring (bicyclic) bond motifs is 3. The van der Waals surface area contributed by atoms with Crippen molar-refractivity contribution in [2.24, 2.45) is 0 Å². The number of pyridine rings is 1. The van der Waals surface area contributed by atoms with Crippen LogP contribution in [0.4, 0.5) is 17.6 Å². The molecular formula is C24H25F4NO4. The van der Waals surface area contributed by atoms with Crippen LogP contribution < -0.4 is 10.3 Å². The Balaban J connectivity index is 1.99. The van der Waals surface area contributed by atoms with Crippen molar-refractivity contribution >= 4 is 21.7 Å². The number of benzene rings is 2. The van der Waals surface area contributed by atoms with Gasteiger partial charge in [0.1, 0.15) is 6.10 Å². The molecule has 0 amide bonds. The van der Waals surface area contributed by atoms with Gasteiger partial charge in [-0.05, 0) is 43.2 Å². The number of alkyl halides is 3. The van der Waals surface area contributed by atoms with Crippen LogP contribution in [0, 0.1) is 5.82 Å². The van der Waals surface area contributed by atoms with E-state index in [1.807, 2.05) is 6.92 Å². The quantitative estimate of drug-likeness (QED) is 0.408. The lowest BCUT2D eigenvalue weighted by Crippen LogP contribution is -2.39. The molecule has 1 fully saturated rings. The standard InChI is InChI=1S/C24H25F4NO4/c1-3-4-8-29-20-6-5-14(23(2,31)24(26,27)28)10-17(20)16-12-21(33-15-7-9-32-13-15)19(25)11-18(16)22(29)30/h5-6,10-12,15,31H,3-4,7-9,13H2,1-2H3. The predicted molar refractivity (Wildman–Crippen MR) is 116 cm³/mol. The lowest BCUT2D eigenvalue weighted by atomic mass is 9.92. The van der Waals surface area contributed by atoms with Crippen LogP contribution in [0.25, 0.3) is 21.7 Å². The van der Waals surface area contributed by atoms with Gasteiger partial charge in [0.05, 0.1) is 24.1 Å². The maximum absolute atomic E-state index is 14.9. The second kappa shape index (κ2) is 8.61. The summed E-state index contributed by atoms with van der Waals surface area (Å²) in [6, 6.07) is 6.20. The summed E-state index contributed by atoms with van der Waals surface area (Å²) in [6.45, 7) is 3.74. The van der Waals surface area contributed by atoms with Gasteiger partial charge < -0.3 is 19.1 Å². The van der Waals surface area contributed by atoms with Crippen molar-refractivity contribution in [1.82, 2.24) is 4.57 Å². The summed E-state index contributed by atoms with van der Waals surface area (Å²) in [5.74, 6) is -0.829. The molecule has 2 heterocycles. The summed E-state index contributed by atoms with van der Waals surface area (Å²) in [5.41, 5.74) is -3.50. The third-order valence-corrected chi connectivity index (χ3v) is 6.16. The minimum absolute atomic E-state index is 0.0370. The van der Waals surface area contributed by atoms with E-state index in [-0.39, 0.29) is 28.2 Å². The molecule has 5 nitrogen and oxygen atoms in total. The van der Waals surface area contributed by atoms with E-state index in [1.54, 1.807) is 0 Å². The zero-order valence-electron chi connectivity index (χ0n) is 18.3. The second-order valence-electron chi connectivity index (χ2n) is 8.54. The summed E-state index contributed by atoms with van der Waals surface area (Å²) in [4.78, 5) is 13.2. The number of aliphatic hydroxyl groups is 1. The molecular weight excluding hydrogens is 442 g/mol. The Morgan fingerprint density at radius 3 is 2.58 bits per heavy atom. The minimum Gasteiger partial charge on any atom is -0.485 e.